The van der Waals surface area contributed by atoms with Crippen LogP contribution in [-0.2, 0) is 10.8 Å². The first-order valence-corrected chi connectivity index (χ1v) is 7.25. The van der Waals surface area contributed by atoms with Crippen LogP contribution in [0.1, 0.15) is 39.0 Å². The number of rotatable bonds is 5. The Bertz CT molecular complexity index is 211. The fourth-order valence-electron chi connectivity index (χ4n) is 2.21. The monoisotopic (exact) mass is 233 g/mol. The van der Waals surface area contributed by atoms with Crippen molar-refractivity contribution in [3.05, 3.63) is 0 Å². The minimum atomic E-state index is -0.795. The molecule has 3 N–H and O–H groups in total. The fraction of sp³-hybridized carbons (Fsp3) is 1.00. The second kappa shape index (κ2) is 6.61. The lowest BCUT2D eigenvalue weighted by Crippen LogP contribution is -2.33. The van der Waals surface area contributed by atoms with Crippen molar-refractivity contribution >= 4 is 10.8 Å². The molecule has 1 rings (SSSR count). The van der Waals surface area contributed by atoms with Gasteiger partial charge in [-0.3, -0.25) is 4.21 Å². The summed E-state index contributed by atoms with van der Waals surface area (Å²) in [7, 11) is -0.795. The summed E-state index contributed by atoms with van der Waals surface area (Å²) >= 11 is 0. The highest BCUT2D eigenvalue weighted by atomic mass is 32.2. The van der Waals surface area contributed by atoms with E-state index in [1.165, 1.54) is 12.8 Å². The highest BCUT2D eigenvalue weighted by Crippen LogP contribution is 2.27. The Morgan fingerprint density at radius 1 is 1.53 bits per heavy atom. The maximum absolute atomic E-state index is 12.0. The minimum absolute atomic E-state index is 0.0967. The smallest absolute Gasteiger partial charge is 0.0446 e. The van der Waals surface area contributed by atoms with Gasteiger partial charge in [0, 0.05) is 34.5 Å². The van der Waals surface area contributed by atoms with E-state index in [1.54, 1.807) is 0 Å². The van der Waals surface area contributed by atoms with Gasteiger partial charge in [-0.2, -0.15) is 0 Å². The van der Waals surface area contributed by atoms with Gasteiger partial charge in [0.25, 0.3) is 0 Å². The first-order chi connectivity index (χ1) is 7.13. The molecular formula is C11H23NO2S. The van der Waals surface area contributed by atoms with Crippen LogP contribution < -0.4 is 5.73 Å². The van der Waals surface area contributed by atoms with Crippen LogP contribution in [0.5, 0.6) is 0 Å². The third-order valence-electron chi connectivity index (χ3n) is 3.14. The van der Waals surface area contributed by atoms with Gasteiger partial charge in [-0.25, -0.2) is 0 Å². The Hall–Kier alpha value is 0.0700. The first kappa shape index (κ1) is 13.1. The molecule has 1 aliphatic carbocycles. The third-order valence-corrected chi connectivity index (χ3v) is 5.07. The lowest BCUT2D eigenvalue weighted by molar-refractivity contribution is 0.279. The quantitative estimate of drug-likeness (QED) is 0.745. The van der Waals surface area contributed by atoms with Gasteiger partial charge in [0.2, 0.25) is 0 Å². The van der Waals surface area contributed by atoms with E-state index in [0.717, 1.165) is 12.8 Å². The first-order valence-electron chi connectivity index (χ1n) is 5.87. The molecule has 0 aliphatic heterocycles. The van der Waals surface area contributed by atoms with Gasteiger partial charge in [-0.1, -0.05) is 19.8 Å². The summed E-state index contributed by atoms with van der Waals surface area (Å²) < 4.78 is 12.0. The molecule has 0 aromatic carbocycles. The minimum Gasteiger partial charge on any atom is -0.396 e. The number of nitrogens with two attached hydrogens (primary N) is 1. The summed E-state index contributed by atoms with van der Waals surface area (Å²) in [6.07, 6.45) is 5.21. The molecule has 3 nitrogen and oxygen atoms in total. The van der Waals surface area contributed by atoms with Crippen molar-refractivity contribution in [2.45, 2.75) is 50.3 Å². The van der Waals surface area contributed by atoms with E-state index in [2.05, 4.69) is 6.92 Å². The lowest BCUT2D eigenvalue weighted by atomic mass is 9.91. The van der Waals surface area contributed by atoms with Crippen LogP contribution in [0.15, 0.2) is 0 Å². The predicted molar refractivity (Wildman–Crippen MR) is 64.1 cm³/mol. The van der Waals surface area contributed by atoms with Gasteiger partial charge in [0.1, 0.15) is 0 Å². The normalized spacial score (nSPS) is 31.1. The van der Waals surface area contributed by atoms with Crippen LogP contribution in [0.2, 0.25) is 0 Å². The molecule has 0 saturated heterocycles. The van der Waals surface area contributed by atoms with Crippen LogP contribution in [-0.4, -0.2) is 33.0 Å². The molecule has 0 radical (unpaired) electrons. The Morgan fingerprint density at radius 2 is 2.27 bits per heavy atom. The zero-order valence-electron chi connectivity index (χ0n) is 9.52. The molecule has 0 aromatic heterocycles. The van der Waals surface area contributed by atoms with Gasteiger partial charge in [-0.15, -0.1) is 0 Å². The van der Waals surface area contributed by atoms with Gasteiger partial charge in [0.05, 0.1) is 0 Å². The number of hydrogen-bond acceptors (Lipinski definition) is 3. The van der Waals surface area contributed by atoms with Crippen molar-refractivity contribution in [1.82, 2.24) is 0 Å². The SMILES string of the molecule is CC1CCCC(S(=O)CC(N)CCO)C1. The highest BCUT2D eigenvalue weighted by Gasteiger charge is 2.24. The second-order valence-electron chi connectivity index (χ2n) is 4.71. The molecule has 4 atom stereocenters. The van der Waals surface area contributed by atoms with Crippen molar-refractivity contribution in [2.75, 3.05) is 12.4 Å². The maximum Gasteiger partial charge on any atom is 0.0446 e. The lowest BCUT2D eigenvalue weighted by Gasteiger charge is -2.26. The molecule has 15 heavy (non-hydrogen) atoms. The van der Waals surface area contributed by atoms with Crippen LogP contribution in [0.4, 0.5) is 0 Å². The Kier molecular flexibility index (Phi) is 5.79. The van der Waals surface area contributed by atoms with Crippen LogP contribution in [0.3, 0.4) is 0 Å². The molecule has 1 fully saturated rings. The average Bonchev–Trinajstić information content (AvgIpc) is 2.18. The number of aliphatic hydroxyl groups is 1. The molecule has 4 unspecified atom stereocenters. The summed E-state index contributed by atoms with van der Waals surface area (Å²) in [5.74, 6) is 1.26. The molecular weight excluding hydrogens is 210 g/mol. The standard InChI is InChI=1S/C11H23NO2S/c1-9-3-2-4-11(7-9)15(14)8-10(12)5-6-13/h9-11,13H,2-8,12H2,1H3. The van der Waals surface area contributed by atoms with Crippen molar-refractivity contribution in [3.8, 4) is 0 Å². The van der Waals surface area contributed by atoms with Gasteiger partial charge < -0.3 is 10.8 Å². The second-order valence-corrected chi connectivity index (χ2v) is 6.48. The zero-order valence-corrected chi connectivity index (χ0v) is 10.3. The van der Waals surface area contributed by atoms with Crippen molar-refractivity contribution in [2.24, 2.45) is 11.7 Å². The topological polar surface area (TPSA) is 63.3 Å². The molecule has 0 bridgehead atoms. The van der Waals surface area contributed by atoms with E-state index >= 15 is 0 Å². The molecule has 0 amide bonds. The fourth-order valence-corrected chi connectivity index (χ4v) is 4.05. The average molecular weight is 233 g/mol. The third kappa shape index (κ3) is 4.62. The van der Waals surface area contributed by atoms with Gasteiger partial charge in [0.15, 0.2) is 0 Å². The Balaban J connectivity index is 2.32. The summed E-state index contributed by atoms with van der Waals surface area (Å²) in [4.78, 5) is 0. The van der Waals surface area contributed by atoms with Crippen molar-refractivity contribution in [1.29, 1.82) is 0 Å². The molecule has 0 heterocycles. The molecule has 1 saturated carbocycles. The predicted octanol–water partition coefficient (Wildman–Crippen LogP) is 1.02. The zero-order chi connectivity index (χ0) is 11.3. The van der Waals surface area contributed by atoms with E-state index in [0.29, 0.717) is 23.3 Å². The van der Waals surface area contributed by atoms with Crippen molar-refractivity contribution < 1.29 is 9.32 Å². The van der Waals surface area contributed by atoms with Crippen molar-refractivity contribution in [3.63, 3.8) is 0 Å². The van der Waals surface area contributed by atoms with Crippen LogP contribution >= 0.6 is 0 Å². The van der Waals surface area contributed by atoms with Crippen LogP contribution in [0.25, 0.3) is 0 Å². The van der Waals surface area contributed by atoms with Gasteiger partial charge in [-0.05, 0) is 25.2 Å². The summed E-state index contributed by atoms with van der Waals surface area (Å²) in [6, 6.07) is -0.104. The number of hydrogen-bond donors (Lipinski definition) is 2. The molecule has 0 aromatic rings. The summed E-state index contributed by atoms with van der Waals surface area (Å²) in [5.41, 5.74) is 5.77. The van der Waals surface area contributed by atoms with Crippen LogP contribution in [0, 0.1) is 5.92 Å². The van der Waals surface area contributed by atoms with E-state index < -0.39 is 10.8 Å². The largest absolute Gasteiger partial charge is 0.396 e. The van der Waals surface area contributed by atoms with E-state index in [9.17, 15) is 4.21 Å². The molecule has 1 aliphatic rings. The number of aliphatic hydroxyl groups excluding tert-OH is 1. The summed E-state index contributed by atoms with van der Waals surface area (Å²) in [5, 5.41) is 9.07. The van der Waals surface area contributed by atoms with E-state index in [4.69, 9.17) is 10.8 Å². The molecule has 4 heteroatoms. The van der Waals surface area contributed by atoms with E-state index in [-0.39, 0.29) is 12.6 Å². The van der Waals surface area contributed by atoms with Gasteiger partial charge >= 0.3 is 0 Å². The van der Waals surface area contributed by atoms with E-state index in [1.807, 2.05) is 0 Å². The Labute approximate surface area is 94.9 Å². The summed E-state index contributed by atoms with van der Waals surface area (Å²) in [6.45, 7) is 2.33. The molecule has 90 valence electrons. The maximum atomic E-state index is 12.0. The highest BCUT2D eigenvalue weighted by molar-refractivity contribution is 7.85. The molecule has 0 spiro atoms. The Morgan fingerprint density at radius 3 is 2.87 bits per heavy atom.